The third-order valence-corrected chi connectivity index (χ3v) is 5.23. The summed E-state index contributed by atoms with van der Waals surface area (Å²) in [5.74, 6) is 0.279. The molecule has 1 N–H and O–H groups in total. The minimum absolute atomic E-state index is 0.123. The van der Waals surface area contributed by atoms with Gasteiger partial charge in [-0.1, -0.05) is 42.6 Å². The van der Waals surface area contributed by atoms with Crippen LogP contribution < -0.4 is 5.32 Å². The molecule has 0 saturated carbocycles. The van der Waals surface area contributed by atoms with Gasteiger partial charge in [0.15, 0.2) is 5.69 Å². The zero-order valence-electron chi connectivity index (χ0n) is 18.5. The van der Waals surface area contributed by atoms with E-state index < -0.39 is 11.6 Å². The smallest absolute Gasteiger partial charge is 0.276 e. The lowest BCUT2D eigenvalue weighted by Gasteiger charge is -2.33. The molecule has 2 amide bonds. The number of aromatic nitrogens is 2. The lowest BCUT2D eigenvalue weighted by Crippen LogP contribution is -2.49. The predicted octanol–water partition coefficient (Wildman–Crippen LogP) is 4.55. The van der Waals surface area contributed by atoms with Crippen LogP contribution in [0, 0.1) is 0 Å². The fourth-order valence-electron chi connectivity index (χ4n) is 3.23. The van der Waals surface area contributed by atoms with Crippen molar-refractivity contribution < 1.29 is 14.0 Å². The number of benzene rings is 1. The van der Waals surface area contributed by atoms with Gasteiger partial charge in [0, 0.05) is 10.9 Å². The number of nitrogens with one attached hydrogen (secondary N) is 1. The first-order chi connectivity index (χ1) is 14.7. The first-order valence-electron chi connectivity index (χ1n) is 10.2. The van der Waals surface area contributed by atoms with Crippen LogP contribution in [0.2, 0.25) is 0 Å². The van der Waals surface area contributed by atoms with Gasteiger partial charge in [0.05, 0.1) is 12.8 Å². The Kier molecular flexibility index (Phi) is 6.90. The molecule has 2 heterocycles. The van der Waals surface area contributed by atoms with Crippen LogP contribution in [0.4, 0.5) is 0 Å². The summed E-state index contributed by atoms with van der Waals surface area (Å²) >= 11 is 1.09. The van der Waals surface area contributed by atoms with Gasteiger partial charge in [-0.25, -0.2) is 0 Å². The molecule has 31 heavy (non-hydrogen) atoms. The van der Waals surface area contributed by atoms with Crippen LogP contribution in [0.1, 0.15) is 74.0 Å². The average molecular weight is 441 g/mol. The largest absolute Gasteiger partial charge is 0.467 e. The van der Waals surface area contributed by atoms with E-state index in [1.807, 2.05) is 45.0 Å². The highest BCUT2D eigenvalue weighted by atomic mass is 32.1. The number of hydrogen-bond donors (Lipinski definition) is 1. The fourth-order valence-corrected chi connectivity index (χ4v) is 3.66. The van der Waals surface area contributed by atoms with Crippen LogP contribution in [0.15, 0.2) is 52.5 Å². The summed E-state index contributed by atoms with van der Waals surface area (Å²) in [4.78, 5) is 28.3. The molecule has 3 rings (SSSR count). The molecule has 0 fully saturated rings. The Morgan fingerprint density at radius 1 is 1.13 bits per heavy atom. The number of nitrogens with zero attached hydrogens (tertiary/aromatic N) is 3. The van der Waals surface area contributed by atoms with Gasteiger partial charge < -0.3 is 14.6 Å². The van der Waals surface area contributed by atoms with E-state index in [0.29, 0.717) is 17.2 Å². The summed E-state index contributed by atoms with van der Waals surface area (Å²) in [7, 11) is 0. The highest BCUT2D eigenvalue weighted by Gasteiger charge is 2.35. The van der Waals surface area contributed by atoms with Gasteiger partial charge in [-0.3, -0.25) is 9.59 Å². The molecule has 0 saturated heterocycles. The van der Waals surface area contributed by atoms with Crippen molar-refractivity contribution in [1.82, 2.24) is 19.8 Å². The fraction of sp³-hybridized carbons (Fsp3) is 0.391. The van der Waals surface area contributed by atoms with Gasteiger partial charge in [0.25, 0.3) is 5.91 Å². The molecule has 8 heteroatoms. The molecule has 0 radical (unpaired) electrons. The van der Waals surface area contributed by atoms with E-state index >= 15 is 0 Å². The van der Waals surface area contributed by atoms with Crippen LogP contribution in [0.3, 0.4) is 0 Å². The molecule has 3 aromatic rings. The van der Waals surface area contributed by atoms with Crippen molar-refractivity contribution in [2.24, 2.45) is 0 Å². The Bertz CT molecular complexity index is 991. The topological polar surface area (TPSA) is 88.3 Å². The third kappa shape index (κ3) is 5.79. The zero-order valence-corrected chi connectivity index (χ0v) is 19.3. The standard InChI is InChI=1S/C23H28N4O3S/c1-15(2)16-8-10-17(11-9-16)20(21(28)24-23(3,4)5)27(13-18-7-6-12-30-18)22(29)19-14-31-26-25-19/h6-12,14-15,20H,13H2,1-5H3,(H,24,28)/t20-/m0/s1. The number of carbonyl (C=O) groups is 2. The molecular weight excluding hydrogens is 412 g/mol. The molecule has 1 aromatic carbocycles. The van der Waals surface area contributed by atoms with E-state index in [0.717, 1.165) is 17.1 Å². The molecule has 1 atom stereocenters. The van der Waals surface area contributed by atoms with Gasteiger partial charge in [-0.15, -0.1) is 5.10 Å². The lowest BCUT2D eigenvalue weighted by atomic mass is 9.96. The Morgan fingerprint density at radius 2 is 1.81 bits per heavy atom. The maximum absolute atomic E-state index is 13.5. The predicted molar refractivity (Wildman–Crippen MR) is 120 cm³/mol. The summed E-state index contributed by atoms with van der Waals surface area (Å²) in [5, 5.41) is 8.53. The molecule has 0 bridgehead atoms. The Hall–Kier alpha value is -3.00. The second-order valence-electron chi connectivity index (χ2n) is 8.77. The van der Waals surface area contributed by atoms with Gasteiger partial charge in [-0.05, 0) is 61.5 Å². The van der Waals surface area contributed by atoms with Gasteiger partial charge in [0.2, 0.25) is 5.91 Å². The van der Waals surface area contributed by atoms with Crippen molar-refractivity contribution in [2.75, 3.05) is 0 Å². The number of rotatable bonds is 7. The second-order valence-corrected chi connectivity index (χ2v) is 9.38. The van der Waals surface area contributed by atoms with Gasteiger partial charge >= 0.3 is 0 Å². The van der Waals surface area contributed by atoms with E-state index in [-0.39, 0.29) is 24.1 Å². The van der Waals surface area contributed by atoms with Crippen molar-refractivity contribution in [2.45, 2.75) is 58.7 Å². The maximum Gasteiger partial charge on any atom is 0.276 e. The molecule has 0 unspecified atom stereocenters. The number of hydrogen-bond acceptors (Lipinski definition) is 6. The third-order valence-electron chi connectivity index (χ3n) is 4.72. The average Bonchev–Trinajstić information content (AvgIpc) is 3.40. The summed E-state index contributed by atoms with van der Waals surface area (Å²) in [6.45, 7) is 10.1. The minimum Gasteiger partial charge on any atom is -0.467 e. The molecule has 0 aliphatic carbocycles. The van der Waals surface area contributed by atoms with Crippen LogP contribution in [0.25, 0.3) is 0 Å². The Morgan fingerprint density at radius 3 is 2.32 bits per heavy atom. The summed E-state index contributed by atoms with van der Waals surface area (Å²) < 4.78 is 9.30. The first kappa shape index (κ1) is 22.7. The minimum atomic E-state index is -0.861. The van der Waals surface area contributed by atoms with E-state index in [1.165, 1.54) is 4.90 Å². The first-order valence-corrected chi connectivity index (χ1v) is 11.0. The normalized spacial score (nSPS) is 12.6. The maximum atomic E-state index is 13.5. The second kappa shape index (κ2) is 9.43. The number of furan rings is 1. The van der Waals surface area contributed by atoms with Crippen molar-refractivity contribution >= 4 is 23.3 Å². The van der Waals surface area contributed by atoms with Crippen LogP contribution in [-0.2, 0) is 11.3 Å². The molecule has 7 nitrogen and oxygen atoms in total. The van der Waals surface area contributed by atoms with Crippen molar-refractivity contribution in [3.63, 3.8) is 0 Å². The van der Waals surface area contributed by atoms with Crippen molar-refractivity contribution in [1.29, 1.82) is 0 Å². The van der Waals surface area contributed by atoms with Crippen LogP contribution in [-0.4, -0.2) is 31.8 Å². The summed E-state index contributed by atoms with van der Waals surface area (Å²) in [6, 6.07) is 10.5. The van der Waals surface area contributed by atoms with E-state index in [1.54, 1.807) is 23.8 Å². The molecular formula is C23H28N4O3S. The Balaban J connectivity index is 2.06. The monoisotopic (exact) mass is 440 g/mol. The molecule has 164 valence electrons. The van der Waals surface area contributed by atoms with Crippen molar-refractivity contribution in [3.05, 3.63) is 70.6 Å². The molecule has 0 aliphatic rings. The van der Waals surface area contributed by atoms with Crippen LogP contribution >= 0.6 is 11.5 Å². The number of carbonyl (C=O) groups excluding carboxylic acids is 2. The summed E-state index contributed by atoms with van der Waals surface area (Å²) in [6.07, 6.45) is 1.55. The Labute approximate surface area is 186 Å². The molecule has 0 spiro atoms. The van der Waals surface area contributed by atoms with Crippen LogP contribution in [0.5, 0.6) is 0 Å². The SMILES string of the molecule is CC(C)c1ccc([C@@H](C(=O)NC(C)(C)C)N(Cc2ccco2)C(=O)c2csnn2)cc1. The molecule has 0 aliphatic heterocycles. The lowest BCUT2D eigenvalue weighted by molar-refractivity contribution is -0.127. The van der Waals surface area contributed by atoms with Gasteiger partial charge in [-0.2, -0.15) is 0 Å². The summed E-state index contributed by atoms with van der Waals surface area (Å²) in [5.41, 5.74) is 1.61. The highest BCUT2D eigenvalue weighted by Crippen LogP contribution is 2.28. The highest BCUT2D eigenvalue weighted by molar-refractivity contribution is 7.03. The quantitative estimate of drug-likeness (QED) is 0.582. The van der Waals surface area contributed by atoms with E-state index in [4.69, 9.17) is 4.42 Å². The van der Waals surface area contributed by atoms with E-state index in [2.05, 4.69) is 28.8 Å². The zero-order chi connectivity index (χ0) is 22.6. The number of amides is 2. The van der Waals surface area contributed by atoms with Gasteiger partial charge in [0.1, 0.15) is 11.8 Å². The van der Waals surface area contributed by atoms with E-state index in [9.17, 15) is 9.59 Å². The molecule has 2 aromatic heterocycles. The van der Waals surface area contributed by atoms with Crippen molar-refractivity contribution in [3.8, 4) is 0 Å².